The van der Waals surface area contributed by atoms with Crippen LogP contribution in [0.5, 0.6) is 0 Å². The summed E-state index contributed by atoms with van der Waals surface area (Å²) in [6.45, 7) is 5.43. The number of hydrogen-bond donors (Lipinski definition) is 0. The number of carbonyl (C=O) groups is 2. The number of anilines is 1. The van der Waals surface area contributed by atoms with Crippen LogP contribution in [0, 0.1) is 13.8 Å². The largest absolute Gasteiger partial charge is 0.341 e. The highest BCUT2D eigenvalue weighted by atomic mass is 16.2. The van der Waals surface area contributed by atoms with Crippen LogP contribution >= 0.6 is 0 Å². The highest BCUT2D eigenvalue weighted by Crippen LogP contribution is 2.23. The Bertz CT molecular complexity index is 1070. The van der Waals surface area contributed by atoms with Gasteiger partial charge < -0.3 is 4.90 Å². The molecule has 0 aliphatic carbocycles. The third-order valence-electron chi connectivity index (χ3n) is 5.74. The number of aryl methyl sites for hydroxylation is 2. The monoisotopic (exact) mass is 401 g/mol. The predicted molar refractivity (Wildman–Crippen MR) is 120 cm³/mol. The summed E-state index contributed by atoms with van der Waals surface area (Å²) < 4.78 is 0. The molecule has 0 spiro atoms. The minimum atomic E-state index is -0.194. The van der Waals surface area contributed by atoms with Crippen LogP contribution in [-0.2, 0) is 4.79 Å². The van der Waals surface area contributed by atoms with Gasteiger partial charge in [-0.25, -0.2) is 0 Å². The number of likely N-dealkylation sites (tertiary alicyclic amines) is 1. The Hall–Kier alpha value is -3.21. The Morgan fingerprint density at radius 2 is 1.67 bits per heavy atom. The molecule has 1 aliphatic heterocycles. The minimum Gasteiger partial charge on any atom is -0.341 e. The highest BCUT2D eigenvalue weighted by molar-refractivity contribution is 6.10. The number of nitrogens with zero attached hydrogens (tertiary/aromatic N) is 3. The predicted octanol–water partition coefficient (Wildman–Crippen LogP) is 4.51. The number of para-hydroxylation sites is 1. The van der Waals surface area contributed by atoms with Crippen molar-refractivity contribution < 1.29 is 9.59 Å². The molecule has 0 bridgehead atoms. The van der Waals surface area contributed by atoms with Gasteiger partial charge in [0, 0.05) is 24.2 Å². The summed E-state index contributed by atoms with van der Waals surface area (Å²) in [7, 11) is 0. The quantitative estimate of drug-likeness (QED) is 0.646. The van der Waals surface area contributed by atoms with Crippen LogP contribution in [0.2, 0.25) is 0 Å². The number of hydrogen-bond acceptors (Lipinski definition) is 3. The molecule has 1 saturated heterocycles. The second-order valence-corrected chi connectivity index (χ2v) is 7.98. The molecule has 3 aromatic rings. The van der Waals surface area contributed by atoms with Gasteiger partial charge in [0.2, 0.25) is 5.91 Å². The lowest BCUT2D eigenvalue weighted by Gasteiger charge is -2.30. The van der Waals surface area contributed by atoms with Crippen LogP contribution in [0.1, 0.15) is 40.9 Å². The van der Waals surface area contributed by atoms with E-state index >= 15 is 0 Å². The second-order valence-electron chi connectivity index (χ2n) is 7.98. The fourth-order valence-electron chi connectivity index (χ4n) is 3.96. The van der Waals surface area contributed by atoms with Crippen LogP contribution in [-0.4, -0.2) is 41.3 Å². The minimum absolute atomic E-state index is 0.00461. The van der Waals surface area contributed by atoms with Crippen LogP contribution in [0.25, 0.3) is 10.9 Å². The average Bonchev–Trinajstić information content (AvgIpc) is 2.77. The van der Waals surface area contributed by atoms with Crippen LogP contribution in [0.3, 0.4) is 0 Å². The number of pyridine rings is 1. The average molecular weight is 402 g/mol. The summed E-state index contributed by atoms with van der Waals surface area (Å²) in [4.78, 5) is 34.7. The molecule has 2 heterocycles. The third-order valence-corrected chi connectivity index (χ3v) is 5.74. The van der Waals surface area contributed by atoms with Gasteiger partial charge in [-0.1, -0.05) is 35.9 Å². The van der Waals surface area contributed by atoms with E-state index in [1.54, 1.807) is 4.90 Å². The van der Waals surface area contributed by atoms with Gasteiger partial charge in [-0.05, 0) is 57.4 Å². The van der Waals surface area contributed by atoms with E-state index in [1.165, 1.54) is 0 Å². The Labute approximate surface area is 177 Å². The molecular weight excluding hydrogens is 374 g/mol. The van der Waals surface area contributed by atoms with Gasteiger partial charge in [-0.15, -0.1) is 0 Å². The van der Waals surface area contributed by atoms with Gasteiger partial charge in [0.25, 0.3) is 5.91 Å². The number of rotatable bonds is 4. The van der Waals surface area contributed by atoms with Crippen molar-refractivity contribution in [3.05, 3.63) is 71.4 Å². The van der Waals surface area contributed by atoms with Gasteiger partial charge >= 0.3 is 0 Å². The number of benzene rings is 2. The molecule has 2 aromatic carbocycles. The van der Waals surface area contributed by atoms with Crippen LogP contribution < -0.4 is 4.90 Å². The zero-order chi connectivity index (χ0) is 21.1. The summed E-state index contributed by atoms with van der Waals surface area (Å²) in [6.07, 6.45) is 3.21. The van der Waals surface area contributed by atoms with Crippen LogP contribution in [0.15, 0.2) is 54.6 Å². The normalized spacial score (nSPS) is 14.0. The molecule has 154 valence electrons. The van der Waals surface area contributed by atoms with Gasteiger partial charge in [-0.2, -0.15) is 0 Å². The van der Waals surface area contributed by atoms with E-state index < -0.39 is 0 Å². The number of piperidine rings is 1. The van der Waals surface area contributed by atoms with Crippen molar-refractivity contribution >= 4 is 28.4 Å². The molecule has 0 atom stereocenters. The maximum absolute atomic E-state index is 13.6. The first-order chi connectivity index (χ1) is 14.5. The van der Waals surface area contributed by atoms with E-state index in [4.69, 9.17) is 0 Å². The van der Waals surface area contributed by atoms with Crippen molar-refractivity contribution in [1.82, 2.24) is 9.88 Å². The summed E-state index contributed by atoms with van der Waals surface area (Å²) in [5.41, 5.74) is 3.89. The SMILES string of the molecule is Cc1ccc(N(CC(=O)N2CCCCC2)C(=O)c2cc3ccccc3nc2C)cc1. The first-order valence-electron chi connectivity index (χ1n) is 10.6. The zero-order valence-electron chi connectivity index (χ0n) is 17.6. The van der Waals surface area contributed by atoms with Crippen molar-refractivity contribution in [1.29, 1.82) is 0 Å². The van der Waals surface area contributed by atoms with E-state index in [-0.39, 0.29) is 18.4 Å². The van der Waals surface area contributed by atoms with Crippen molar-refractivity contribution in [2.75, 3.05) is 24.5 Å². The maximum Gasteiger partial charge on any atom is 0.260 e. The van der Waals surface area contributed by atoms with E-state index in [0.29, 0.717) is 11.3 Å². The molecule has 1 aliphatic rings. The first-order valence-corrected chi connectivity index (χ1v) is 10.6. The summed E-state index contributed by atoms with van der Waals surface area (Å²) >= 11 is 0. The Balaban J connectivity index is 1.69. The molecule has 1 fully saturated rings. The molecule has 2 amide bonds. The number of fused-ring (bicyclic) bond motifs is 1. The Morgan fingerprint density at radius 3 is 2.40 bits per heavy atom. The smallest absolute Gasteiger partial charge is 0.260 e. The van der Waals surface area contributed by atoms with Crippen molar-refractivity contribution in [2.45, 2.75) is 33.1 Å². The standard InChI is InChI=1S/C25H27N3O2/c1-18-10-12-21(13-11-18)28(17-24(29)27-14-6-3-7-15-27)25(30)22-16-20-8-4-5-9-23(20)26-19(22)2/h4-5,8-13,16H,3,6-7,14-15,17H2,1-2H3. The van der Waals surface area contributed by atoms with Gasteiger partial charge in [-0.3, -0.25) is 19.5 Å². The van der Waals surface area contributed by atoms with E-state index in [0.717, 1.165) is 54.5 Å². The van der Waals surface area contributed by atoms with E-state index in [2.05, 4.69) is 4.98 Å². The van der Waals surface area contributed by atoms with Crippen LogP contribution in [0.4, 0.5) is 5.69 Å². The van der Waals surface area contributed by atoms with Gasteiger partial charge in [0.05, 0.1) is 16.8 Å². The summed E-state index contributed by atoms with van der Waals surface area (Å²) in [5, 5.41) is 0.915. The van der Waals surface area contributed by atoms with Gasteiger partial charge in [0.15, 0.2) is 0 Å². The fourth-order valence-corrected chi connectivity index (χ4v) is 3.96. The molecule has 0 radical (unpaired) electrons. The number of carbonyl (C=O) groups excluding carboxylic acids is 2. The van der Waals surface area contributed by atoms with Crippen molar-refractivity contribution in [3.63, 3.8) is 0 Å². The second kappa shape index (κ2) is 8.66. The molecule has 0 unspecified atom stereocenters. The topological polar surface area (TPSA) is 53.5 Å². The van der Waals surface area contributed by atoms with E-state index in [1.807, 2.05) is 73.3 Å². The van der Waals surface area contributed by atoms with Crippen molar-refractivity contribution in [3.8, 4) is 0 Å². The zero-order valence-corrected chi connectivity index (χ0v) is 17.6. The number of amides is 2. The number of aromatic nitrogens is 1. The molecule has 5 heteroatoms. The Morgan fingerprint density at radius 1 is 0.967 bits per heavy atom. The molecule has 5 nitrogen and oxygen atoms in total. The molecular formula is C25H27N3O2. The summed E-state index contributed by atoms with van der Waals surface area (Å²) in [5.74, 6) is -0.199. The van der Waals surface area contributed by atoms with E-state index in [9.17, 15) is 9.59 Å². The molecule has 30 heavy (non-hydrogen) atoms. The maximum atomic E-state index is 13.6. The summed E-state index contributed by atoms with van der Waals surface area (Å²) in [6, 6.07) is 17.4. The van der Waals surface area contributed by atoms with Gasteiger partial charge in [0.1, 0.15) is 6.54 Å². The Kier molecular flexibility index (Phi) is 5.79. The molecule has 0 saturated carbocycles. The van der Waals surface area contributed by atoms with Crippen molar-refractivity contribution in [2.24, 2.45) is 0 Å². The molecule has 1 aromatic heterocycles. The fraction of sp³-hybridized carbons (Fsp3) is 0.320. The molecule has 4 rings (SSSR count). The third kappa shape index (κ3) is 4.20. The lowest BCUT2D eigenvalue weighted by molar-refractivity contribution is -0.130. The first kappa shape index (κ1) is 20.1. The lowest BCUT2D eigenvalue weighted by atomic mass is 10.1. The highest BCUT2D eigenvalue weighted by Gasteiger charge is 2.26. The lowest BCUT2D eigenvalue weighted by Crippen LogP contribution is -2.45. The molecule has 0 N–H and O–H groups in total.